The third-order valence-electron chi connectivity index (χ3n) is 5.43. The molecule has 7 heteroatoms. The van der Waals surface area contributed by atoms with Crippen molar-refractivity contribution in [2.24, 2.45) is 0 Å². The second kappa shape index (κ2) is 10.5. The standard InChI is InChI=1S/C27H26N4O3/c1-28-26(32)21-13-11-19(12-14-21)16-29-27(33)24-18-31(17-20-7-4-3-5-8-20)30-25(24)22-9-6-10-23(15-22)34-2/h3-15,18H,16-17H2,1-2H3,(H,28,32)(H,29,33). The number of carbonyl (C=O) groups excluding carboxylic acids is 2. The van der Waals surface area contributed by atoms with Crippen LogP contribution in [0.1, 0.15) is 31.8 Å². The van der Waals surface area contributed by atoms with Crippen molar-refractivity contribution in [3.63, 3.8) is 0 Å². The number of nitrogens with one attached hydrogen (secondary N) is 2. The number of methoxy groups -OCH3 is 1. The van der Waals surface area contributed by atoms with Crippen LogP contribution in [0.15, 0.2) is 85.1 Å². The summed E-state index contributed by atoms with van der Waals surface area (Å²) in [5.41, 5.74) is 4.41. The number of amides is 2. The highest BCUT2D eigenvalue weighted by Gasteiger charge is 2.19. The van der Waals surface area contributed by atoms with Crippen molar-refractivity contribution in [2.45, 2.75) is 13.1 Å². The maximum atomic E-state index is 13.2. The van der Waals surface area contributed by atoms with Crippen molar-refractivity contribution in [1.29, 1.82) is 0 Å². The Morgan fingerprint density at radius 1 is 0.912 bits per heavy atom. The van der Waals surface area contributed by atoms with Gasteiger partial charge in [-0.05, 0) is 35.4 Å². The Morgan fingerprint density at radius 3 is 2.38 bits per heavy atom. The van der Waals surface area contributed by atoms with Crippen LogP contribution < -0.4 is 15.4 Å². The van der Waals surface area contributed by atoms with E-state index in [4.69, 9.17) is 9.84 Å². The van der Waals surface area contributed by atoms with Gasteiger partial charge in [0.2, 0.25) is 0 Å². The van der Waals surface area contributed by atoms with E-state index in [0.717, 1.165) is 16.7 Å². The molecule has 0 unspecified atom stereocenters. The fraction of sp³-hybridized carbons (Fsp3) is 0.148. The Labute approximate surface area is 198 Å². The van der Waals surface area contributed by atoms with Gasteiger partial charge in [-0.1, -0.05) is 54.6 Å². The summed E-state index contributed by atoms with van der Waals surface area (Å²) in [4.78, 5) is 24.9. The maximum absolute atomic E-state index is 13.2. The molecule has 34 heavy (non-hydrogen) atoms. The number of benzene rings is 3. The third-order valence-corrected chi connectivity index (χ3v) is 5.43. The van der Waals surface area contributed by atoms with Crippen molar-refractivity contribution >= 4 is 11.8 Å². The van der Waals surface area contributed by atoms with E-state index in [1.165, 1.54) is 0 Å². The van der Waals surface area contributed by atoms with Crippen molar-refractivity contribution < 1.29 is 14.3 Å². The number of hydrogen-bond donors (Lipinski definition) is 2. The number of ether oxygens (including phenoxy) is 1. The van der Waals surface area contributed by atoms with Crippen molar-refractivity contribution in [3.8, 4) is 17.0 Å². The van der Waals surface area contributed by atoms with E-state index in [9.17, 15) is 9.59 Å². The molecule has 7 nitrogen and oxygen atoms in total. The minimum absolute atomic E-state index is 0.149. The van der Waals surface area contributed by atoms with E-state index < -0.39 is 0 Å². The Hall–Kier alpha value is -4.39. The fourth-order valence-electron chi connectivity index (χ4n) is 3.62. The Bertz CT molecular complexity index is 1280. The predicted molar refractivity (Wildman–Crippen MR) is 131 cm³/mol. The van der Waals surface area contributed by atoms with Crippen LogP contribution in [-0.4, -0.2) is 35.8 Å². The zero-order chi connectivity index (χ0) is 23.9. The number of nitrogens with zero attached hydrogens (tertiary/aromatic N) is 2. The van der Waals surface area contributed by atoms with Crippen molar-refractivity contribution in [3.05, 3.63) is 107 Å². The lowest BCUT2D eigenvalue weighted by molar-refractivity contribution is 0.0946. The second-order valence-corrected chi connectivity index (χ2v) is 7.77. The van der Waals surface area contributed by atoms with Gasteiger partial charge in [0.1, 0.15) is 11.4 Å². The first-order valence-corrected chi connectivity index (χ1v) is 10.9. The van der Waals surface area contributed by atoms with E-state index >= 15 is 0 Å². The highest BCUT2D eigenvalue weighted by Crippen LogP contribution is 2.26. The maximum Gasteiger partial charge on any atom is 0.255 e. The zero-order valence-corrected chi connectivity index (χ0v) is 19.1. The molecule has 0 bridgehead atoms. The first-order valence-electron chi connectivity index (χ1n) is 10.9. The van der Waals surface area contributed by atoms with E-state index in [1.807, 2.05) is 66.7 Å². The van der Waals surface area contributed by atoms with Crippen LogP contribution in [0.2, 0.25) is 0 Å². The molecule has 0 spiro atoms. The van der Waals surface area contributed by atoms with Crippen LogP contribution in [0, 0.1) is 0 Å². The fourth-order valence-corrected chi connectivity index (χ4v) is 3.62. The molecule has 172 valence electrons. The minimum atomic E-state index is -0.229. The molecule has 0 aliphatic rings. The molecule has 0 saturated heterocycles. The summed E-state index contributed by atoms with van der Waals surface area (Å²) < 4.78 is 7.13. The molecule has 0 aliphatic heterocycles. The SMILES string of the molecule is CNC(=O)c1ccc(CNC(=O)c2cn(Cc3ccccc3)nc2-c2cccc(OC)c2)cc1. The first kappa shape index (κ1) is 22.8. The van der Waals surface area contributed by atoms with Crippen LogP contribution >= 0.6 is 0 Å². The molecule has 1 aromatic heterocycles. The van der Waals surface area contributed by atoms with Gasteiger partial charge >= 0.3 is 0 Å². The highest BCUT2D eigenvalue weighted by molar-refractivity contribution is 6.00. The van der Waals surface area contributed by atoms with E-state index in [1.54, 1.807) is 37.2 Å². The van der Waals surface area contributed by atoms with Crippen LogP contribution in [0.25, 0.3) is 11.3 Å². The Morgan fingerprint density at radius 2 is 1.68 bits per heavy atom. The molecule has 4 rings (SSSR count). The molecule has 4 aromatic rings. The molecular formula is C27H26N4O3. The average Bonchev–Trinajstić information content (AvgIpc) is 3.31. The van der Waals surface area contributed by atoms with Gasteiger partial charge in [-0.2, -0.15) is 5.10 Å². The highest BCUT2D eigenvalue weighted by atomic mass is 16.5. The quantitative estimate of drug-likeness (QED) is 0.423. The lowest BCUT2D eigenvalue weighted by Gasteiger charge is -2.07. The van der Waals surface area contributed by atoms with Gasteiger partial charge in [0, 0.05) is 30.9 Å². The number of aromatic nitrogens is 2. The predicted octanol–water partition coefficient (Wildman–Crippen LogP) is 3.90. The molecule has 0 atom stereocenters. The minimum Gasteiger partial charge on any atom is -0.497 e. The molecule has 2 N–H and O–H groups in total. The smallest absolute Gasteiger partial charge is 0.255 e. The van der Waals surface area contributed by atoms with Gasteiger partial charge in [0.05, 0.1) is 19.2 Å². The van der Waals surface area contributed by atoms with Crippen LogP contribution in [0.4, 0.5) is 0 Å². The molecule has 0 aliphatic carbocycles. The average molecular weight is 455 g/mol. The van der Waals surface area contributed by atoms with Gasteiger partial charge in [-0.3, -0.25) is 14.3 Å². The molecule has 1 heterocycles. The summed E-state index contributed by atoms with van der Waals surface area (Å²) >= 11 is 0. The van der Waals surface area contributed by atoms with Gasteiger partial charge < -0.3 is 15.4 Å². The summed E-state index contributed by atoms with van der Waals surface area (Å²) in [6.45, 7) is 0.875. The molecule has 2 amide bonds. The topological polar surface area (TPSA) is 85.3 Å². The van der Waals surface area contributed by atoms with Crippen molar-refractivity contribution in [2.75, 3.05) is 14.2 Å². The summed E-state index contributed by atoms with van der Waals surface area (Å²) in [5, 5.41) is 10.3. The van der Waals surface area contributed by atoms with Crippen LogP contribution in [-0.2, 0) is 13.1 Å². The normalized spacial score (nSPS) is 10.5. The summed E-state index contributed by atoms with van der Waals surface area (Å²) in [6, 6.07) is 24.6. The molecule has 0 saturated carbocycles. The molecule has 0 radical (unpaired) electrons. The summed E-state index contributed by atoms with van der Waals surface area (Å²) in [7, 11) is 3.20. The van der Waals surface area contributed by atoms with E-state index in [0.29, 0.717) is 35.7 Å². The molecular weight excluding hydrogens is 428 g/mol. The van der Waals surface area contributed by atoms with Gasteiger partial charge in [-0.25, -0.2) is 0 Å². The number of rotatable bonds is 8. The van der Waals surface area contributed by atoms with Gasteiger partial charge in [0.15, 0.2) is 0 Å². The van der Waals surface area contributed by atoms with Gasteiger partial charge in [-0.15, -0.1) is 0 Å². The van der Waals surface area contributed by atoms with Crippen LogP contribution in [0.5, 0.6) is 5.75 Å². The van der Waals surface area contributed by atoms with E-state index in [2.05, 4.69) is 10.6 Å². The first-order chi connectivity index (χ1) is 16.6. The summed E-state index contributed by atoms with van der Waals surface area (Å²) in [5.74, 6) is 0.314. The second-order valence-electron chi connectivity index (χ2n) is 7.77. The van der Waals surface area contributed by atoms with E-state index in [-0.39, 0.29) is 11.8 Å². The molecule has 3 aromatic carbocycles. The Balaban J connectivity index is 1.58. The monoisotopic (exact) mass is 454 g/mol. The zero-order valence-electron chi connectivity index (χ0n) is 19.1. The Kier molecular flexibility index (Phi) is 7.03. The molecule has 0 fully saturated rings. The van der Waals surface area contributed by atoms with Gasteiger partial charge in [0.25, 0.3) is 11.8 Å². The third kappa shape index (κ3) is 5.32. The lowest BCUT2D eigenvalue weighted by atomic mass is 10.1. The summed E-state index contributed by atoms with van der Waals surface area (Å²) in [6.07, 6.45) is 1.77. The lowest BCUT2D eigenvalue weighted by Crippen LogP contribution is -2.23. The van der Waals surface area contributed by atoms with Crippen molar-refractivity contribution in [1.82, 2.24) is 20.4 Å². The van der Waals surface area contributed by atoms with Crippen LogP contribution in [0.3, 0.4) is 0 Å². The largest absolute Gasteiger partial charge is 0.497 e. The number of carbonyl (C=O) groups is 2. The number of hydrogen-bond acceptors (Lipinski definition) is 4.